The third-order valence-corrected chi connectivity index (χ3v) is 4.35. The van der Waals surface area contributed by atoms with Gasteiger partial charge in [0.2, 0.25) is 0 Å². The molecule has 5 nitrogen and oxygen atoms in total. The Balaban J connectivity index is 1.61. The van der Waals surface area contributed by atoms with Gasteiger partial charge in [-0.25, -0.2) is 5.43 Å². The first-order valence-electron chi connectivity index (χ1n) is 8.90. The van der Waals surface area contributed by atoms with Crippen LogP contribution in [0.1, 0.15) is 37.4 Å². The molecule has 2 amide bonds. The highest BCUT2D eigenvalue weighted by molar-refractivity contribution is 6.05. The molecule has 0 aliphatic rings. The molecule has 3 aromatic carbocycles. The summed E-state index contributed by atoms with van der Waals surface area (Å²) in [6, 6.07) is 21.8. The van der Waals surface area contributed by atoms with E-state index >= 15 is 0 Å². The van der Waals surface area contributed by atoms with Crippen molar-refractivity contribution in [1.82, 2.24) is 5.43 Å². The van der Waals surface area contributed by atoms with Crippen LogP contribution in [0.15, 0.2) is 77.9 Å². The summed E-state index contributed by atoms with van der Waals surface area (Å²) < 4.78 is 0. The monoisotopic (exact) mass is 371 g/mol. The molecular formula is C23H21N3O2. The fourth-order valence-electron chi connectivity index (χ4n) is 2.69. The van der Waals surface area contributed by atoms with E-state index in [9.17, 15) is 9.59 Å². The van der Waals surface area contributed by atoms with Crippen LogP contribution in [0.25, 0.3) is 0 Å². The van der Waals surface area contributed by atoms with Crippen LogP contribution in [-0.2, 0) is 0 Å². The summed E-state index contributed by atoms with van der Waals surface area (Å²) in [5.74, 6) is -0.500. The minimum absolute atomic E-state index is 0.182. The SMILES string of the molecule is Cc1ccccc1/C=N\NC(=O)c1ccc(NC(=O)c2ccccc2C)cc1. The van der Waals surface area contributed by atoms with Crippen molar-refractivity contribution in [2.45, 2.75) is 13.8 Å². The second kappa shape index (κ2) is 8.77. The summed E-state index contributed by atoms with van der Waals surface area (Å²) in [5, 5.41) is 6.84. The summed E-state index contributed by atoms with van der Waals surface area (Å²) in [4.78, 5) is 24.6. The average molecular weight is 371 g/mol. The van der Waals surface area contributed by atoms with E-state index in [4.69, 9.17) is 0 Å². The maximum Gasteiger partial charge on any atom is 0.271 e. The molecule has 0 unspecified atom stereocenters. The molecule has 28 heavy (non-hydrogen) atoms. The van der Waals surface area contributed by atoms with E-state index in [1.165, 1.54) is 0 Å². The number of hydrazone groups is 1. The van der Waals surface area contributed by atoms with E-state index in [1.807, 2.05) is 56.3 Å². The molecule has 0 saturated heterocycles. The second-order valence-corrected chi connectivity index (χ2v) is 6.40. The quantitative estimate of drug-likeness (QED) is 0.518. The van der Waals surface area contributed by atoms with Gasteiger partial charge in [0.1, 0.15) is 0 Å². The number of amides is 2. The van der Waals surface area contributed by atoms with Crippen LogP contribution in [0.2, 0.25) is 0 Å². The first-order valence-corrected chi connectivity index (χ1v) is 8.90. The molecule has 0 heterocycles. The minimum atomic E-state index is -0.318. The minimum Gasteiger partial charge on any atom is -0.322 e. The van der Waals surface area contributed by atoms with Gasteiger partial charge >= 0.3 is 0 Å². The van der Waals surface area contributed by atoms with E-state index in [0.717, 1.165) is 16.7 Å². The number of hydrogen-bond donors (Lipinski definition) is 2. The first kappa shape index (κ1) is 19.0. The Labute approximate surface area is 164 Å². The van der Waals surface area contributed by atoms with Crippen molar-refractivity contribution in [1.29, 1.82) is 0 Å². The third kappa shape index (κ3) is 4.71. The van der Waals surface area contributed by atoms with E-state index < -0.39 is 0 Å². The zero-order valence-electron chi connectivity index (χ0n) is 15.8. The Bertz CT molecular complexity index is 1020. The van der Waals surface area contributed by atoms with Gasteiger partial charge < -0.3 is 5.32 Å². The lowest BCUT2D eigenvalue weighted by atomic mass is 10.1. The Morgan fingerprint density at radius 3 is 2.11 bits per heavy atom. The number of nitrogens with zero attached hydrogens (tertiary/aromatic N) is 1. The van der Waals surface area contributed by atoms with Crippen molar-refractivity contribution >= 4 is 23.7 Å². The fraction of sp³-hybridized carbons (Fsp3) is 0.0870. The molecule has 2 N–H and O–H groups in total. The number of carbonyl (C=O) groups excluding carboxylic acids is 2. The summed E-state index contributed by atoms with van der Waals surface area (Å²) in [6.07, 6.45) is 1.62. The molecule has 0 aliphatic heterocycles. The van der Waals surface area contributed by atoms with Crippen molar-refractivity contribution < 1.29 is 9.59 Å². The van der Waals surface area contributed by atoms with Crippen molar-refractivity contribution in [2.24, 2.45) is 5.10 Å². The molecule has 0 radical (unpaired) electrons. The van der Waals surface area contributed by atoms with E-state index in [0.29, 0.717) is 16.8 Å². The number of hydrogen-bond acceptors (Lipinski definition) is 3. The van der Waals surface area contributed by atoms with Crippen LogP contribution in [0.4, 0.5) is 5.69 Å². The largest absolute Gasteiger partial charge is 0.322 e. The van der Waals surface area contributed by atoms with Gasteiger partial charge in [-0.1, -0.05) is 42.5 Å². The van der Waals surface area contributed by atoms with Crippen molar-refractivity contribution in [2.75, 3.05) is 5.32 Å². The second-order valence-electron chi connectivity index (χ2n) is 6.40. The summed E-state index contributed by atoms with van der Waals surface area (Å²) in [6.45, 7) is 3.87. The van der Waals surface area contributed by atoms with Crippen LogP contribution in [0.3, 0.4) is 0 Å². The maximum atomic E-state index is 12.3. The van der Waals surface area contributed by atoms with Crippen LogP contribution in [0.5, 0.6) is 0 Å². The van der Waals surface area contributed by atoms with E-state index in [2.05, 4.69) is 15.8 Å². The number of rotatable bonds is 5. The molecular weight excluding hydrogens is 350 g/mol. The molecule has 3 aromatic rings. The molecule has 0 atom stereocenters. The molecule has 5 heteroatoms. The van der Waals surface area contributed by atoms with Gasteiger partial charge in [0.05, 0.1) is 6.21 Å². The van der Waals surface area contributed by atoms with Gasteiger partial charge in [-0.05, 0) is 60.9 Å². The summed E-state index contributed by atoms with van der Waals surface area (Å²) >= 11 is 0. The molecule has 3 rings (SSSR count). The smallest absolute Gasteiger partial charge is 0.271 e. The highest BCUT2D eigenvalue weighted by Gasteiger charge is 2.09. The lowest BCUT2D eigenvalue weighted by molar-refractivity contribution is 0.0954. The predicted octanol–water partition coefficient (Wildman–Crippen LogP) is 4.32. The van der Waals surface area contributed by atoms with Crippen molar-refractivity contribution in [3.8, 4) is 0 Å². The number of nitrogens with one attached hydrogen (secondary N) is 2. The highest BCUT2D eigenvalue weighted by Crippen LogP contribution is 2.13. The standard InChI is InChI=1S/C23H21N3O2/c1-16-7-3-5-9-19(16)15-24-26-22(27)18-11-13-20(14-12-18)25-23(28)21-10-6-4-8-17(21)2/h3-15H,1-2H3,(H,25,28)(H,26,27)/b24-15-. The highest BCUT2D eigenvalue weighted by atomic mass is 16.2. The lowest BCUT2D eigenvalue weighted by Gasteiger charge is -2.08. The van der Waals surface area contributed by atoms with Crippen LogP contribution in [-0.4, -0.2) is 18.0 Å². The Hall–Kier alpha value is -3.73. The van der Waals surface area contributed by atoms with Gasteiger partial charge in [0.25, 0.3) is 11.8 Å². The van der Waals surface area contributed by atoms with Gasteiger partial charge in [-0.15, -0.1) is 0 Å². The van der Waals surface area contributed by atoms with E-state index in [1.54, 1.807) is 36.5 Å². The predicted molar refractivity (Wildman–Crippen MR) is 112 cm³/mol. The molecule has 140 valence electrons. The number of benzene rings is 3. The van der Waals surface area contributed by atoms with Gasteiger partial charge in [0, 0.05) is 16.8 Å². The van der Waals surface area contributed by atoms with Crippen LogP contribution >= 0.6 is 0 Å². The number of aryl methyl sites for hydroxylation is 2. The molecule has 0 saturated carbocycles. The summed E-state index contributed by atoms with van der Waals surface area (Å²) in [5.41, 5.74) is 7.13. The number of anilines is 1. The lowest BCUT2D eigenvalue weighted by Crippen LogP contribution is -2.18. The molecule has 0 aromatic heterocycles. The maximum absolute atomic E-state index is 12.3. The fourth-order valence-corrected chi connectivity index (χ4v) is 2.69. The molecule has 0 bridgehead atoms. The average Bonchev–Trinajstić information content (AvgIpc) is 2.70. The molecule has 0 aliphatic carbocycles. The Kier molecular flexibility index (Phi) is 5.97. The Morgan fingerprint density at radius 1 is 0.786 bits per heavy atom. The van der Waals surface area contributed by atoms with Crippen molar-refractivity contribution in [3.63, 3.8) is 0 Å². The van der Waals surface area contributed by atoms with Crippen molar-refractivity contribution in [3.05, 3.63) is 101 Å². The normalized spacial score (nSPS) is 10.6. The van der Waals surface area contributed by atoms with Gasteiger partial charge in [-0.2, -0.15) is 5.10 Å². The Morgan fingerprint density at radius 2 is 1.43 bits per heavy atom. The van der Waals surface area contributed by atoms with Gasteiger partial charge in [-0.3, -0.25) is 9.59 Å². The first-order chi connectivity index (χ1) is 13.5. The van der Waals surface area contributed by atoms with Crippen LogP contribution < -0.4 is 10.7 Å². The molecule has 0 fully saturated rings. The summed E-state index contributed by atoms with van der Waals surface area (Å²) in [7, 11) is 0. The topological polar surface area (TPSA) is 70.6 Å². The number of carbonyl (C=O) groups is 2. The third-order valence-electron chi connectivity index (χ3n) is 4.35. The van der Waals surface area contributed by atoms with Gasteiger partial charge in [0.15, 0.2) is 0 Å². The van der Waals surface area contributed by atoms with Crippen LogP contribution in [0, 0.1) is 13.8 Å². The van der Waals surface area contributed by atoms with E-state index in [-0.39, 0.29) is 11.8 Å². The zero-order chi connectivity index (χ0) is 19.9. The molecule has 0 spiro atoms. The zero-order valence-corrected chi connectivity index (χ0v) is 15.8.